The maximum Gasteiger partial charge on any atom is 0.257 e. The Hall–Kier alpha value is -2.37. The van der Waals surface area contributed by atoms with Gasteiger partial charge in [0.15, 0.2) is 10.9 Å². The van der Waals surface area contributed by atoms with E-state index in [1.807, 2.05) is 60.7 Å². The van der Waals surface area contributed by atoms with Gasteiger partial charge in [-0.1, -0.05) is 72.4 Å². The van der Waals surface area contributed by atoms with Crippen molar-refractivity contribution in [3.05, 3.63) is 93.9 Å². The Bertz CT molecular complexity index is 941. The minimum atomic E-state index is -1.47. The Labute approximate surface area is 143 Å². The van der Waals surface area contributed by atoms with Gasteiger partial charge in [0.1, 0.15) is 0 Å². The van der Waals surface area contributed by atoms with E-state index in [9.17, 15) is 9.90 Å². The van der Waals surface area contributed by atoms with E-state index < -0.39 is 5.72 Å². The molecule has 1 N–H and O–H groups in total. The average Bonchev–Trinajstić information content (AvgIpc) is 2.90. The molecule has 1 aromatic heterocycles. The number of thioether (sulfide) groups is 1. The van der Waals surface area contributed by atoms with Crippen LogP contribution in [0.3, 0.4) is 0 Å². The molecular formula is C19H16N2O2S. The van der Waals surface area contributed by atoms with Crippen molar-refractivity contribution < 1.29 is 5.11 Å². The molecule has 2 atom stereocenters. The fraction of sp³-hybridized carbons (Fsp3) is 0.158. The summed E-state index contributed by atoms with van der Waals surface area (Å²) in [6.07, 6.45) is 0. The minimum absolute atomic E-state index is 0.241. The van der Waals surface area contributed by atoms with Crippen LogP contribution in [0, 0.1) is 6.92 Å². The molecule has 0 saturated heterocycles. The summed E-state index contributed by atoms with van der Waals surface area (Å²) in [5.41, 5.74) is 0.576. The van der Waals surface area contributed by atoms with E-state index in [1.54, 1.807) is 6.92 Å². The molecule has 120 valence electrons. The van der Waals surface area contributed by atoms with Crippen LogP contribution in [0.4, 0.5) is 0 Å². The zero-order chi connectivity index (χ0) is 16.7. The van der Waals surface area contributed by atoms with Crippen LogP contribution in [0.2, 0.25) is 0 Å². The average molecular weight is 336 g/mol. The van der Waals surface area contributed by atoms with Crippen LogP contribution in [0.15, 0.2) is 76.7 Å². The van der Waals surface area contributed by atoms with Gasteiger partial charge in [-0.15, -0.1) is 0 Å². The molecule has 0 saturated carbocycles. The maximum absolute atomic E-state index is 12.6. The molecule has 0 aliphatic carbocycles. The molecule has 3 aromatic rings. The monoisotopic (exact) mass is 336 g/mol. The van der Waals surface area contributed by atoms with Crippen LogP contribution < -0.4 is 5.56 Å². The molecule has 4 nitrogen and oxygen atoms in total. The third-order valence-corrected chi connectivity index (χ3v) is 5.57. The van der Waals surface area contributed by atoms with Crippen LogP contribution in [0.25, 0.3) is 0 Å². The van der Waals surface area contributed by atoms with E-state index in [0.717, 1.165) is 5.56 Å². The highest BCUT2D eigenvalue weighted by molar-refractivity contribution is 7.99. The van der Waals surface area contributed by atoms with E-state index in [0.29, 0.717) is 16.4 Å². The first-order chi connectivity index (χ1) is 11.6. The maximum atomic E-state index is 12.6. The molecule has 0 spiro atoms. The molecule has 1 aliphatic rings. The quantitative estimate of drug-likeness (QED) is 0.731. The number of hydrogen-bond acceptors (Lipinski definition) is 4. The number of aromatic nitrogens is 2. The molecule has 2 heterocycles. The lowest BCUT2D eigenvalue weighted by molar-refractivity contribution is -0.00250. The van der Waals surface area contributed by atoms with E-state index in [1.165, 1.54) is 22.4 Å². The summed E-state index contributed by atoms with van der Waals surface area (Å²) in [4.78, 5) is 17.1. The van der Waals surface area contributed by atoms with Gasteiger partial charge >= 0.3 is 0 Å². The van der Waals surface area contributed by atoms with Crippen molar-refractivity contribution in [1.82, 2.24) is 9.55 Å². The molecular weight excluding hydrogens is 320 g/mol. The van der Waals surface area contributed by atoms with Gasteiger partial charge in [-0.3, -0.25) is 9.36 Å². The van der Waals surface area contributed by atoms with E-state index in [-0.39, 0.29) is 10.8 Å². The molecule has 2 aromatic carbocycles. The number of hydrogen-bond donors (Lipinski definition) is 1. The van der Waals surface area contributed by atoms with Gasteiger partial charge in [0.05, 0.1) is 5.25 Å². The Morgan fingerprint density at radius 1 is 1.08 bits per heavy atom. The number of nitrogens with zero attached hydrogens (tertiary/aromatic N) is 2. The largest absolute Gasteiger partial charge is 0.365 e. The summed E-state index contributed by atoms with van der Waals surface area (Å²) in [5.74, 6) is 0. The molecule has 0 amide bonds. The first kappa shape index (κ1) is 15.2. The summed E-state index contributed by atoms with van der Waals surface area (Å²) in [6.45, 7) is 1.79. The highest BCUT2D eigenvalue weighted by atomic mass is 32.2. The van der Waals surface area contributed by atoms with Crippen molar-refractivity contribution in [3.8, 4) is 0 Å². The third kappa shape index (κ3) is 2.20. The van der Waals surface area contributed by atoms with Crippen molar-refractivity contribution >= 4 is 11.8 Å². The molecule has 1 aliphatic heterocycles. The minimum Gasteiger partial charge on any atom is -0.365 e. The Morgan fingerprint density at radius 3 is 2.38 bits per heavy atom. The standard InChI is InChI=1S/C19H16N2O2S/c1-13-12-16(22)21-18(20-13)24-17(14-8-4-2-5-9-14)19(21,23)15-10-6-3-7-11-15/h2-12,17,23H,1H3/t17-,19+/m1/s1. The number of rotatable bonds is 2. The molecule has 0 fully saturated rings. The van der Waals surface area contributed by atoms with Crippen LogP contribution >= 0.6 is 11.8 Å². The van der Waals surface area contributed by atoms with Gasteiger partial charge in [-0.2, -0.15) is 0 Å². The third-order valence-electron chi connectivity index (χ3n) is 4.25. The van der Waals surface area contributed by atoms with E-state index >= 15 is 0 Å². The van der Waals surface area contributed by atoms with E-state index in [4.69, 9.17) is 0 Å². The van der Waals surface area contributed by atoms with Gasteiger partial charge in [-0.05, 0) is 12.5 Å². The fourth-order valence-electron chi connectivity index (χ4n) is 3.16. The van der Waals surface area contributed by atoms with E-state index in [2.05, 4.69) is 4.98 Å². The molecule has 4 rings (SSSR count). The highest BCUT2D eigenvalue weighted by Crippen LogP contribution is 2.53. The van der Waals surface area contributed by atoms with Crippen LogP contribution in [-0.4, -0.2) is 14.7 Å². The van der Waals surface area contributed by atoms with Crippen molar-refractivity contribution in [2.24, 2.45) is 0 Å². The topological polar surface area (TPSA) is 55.1 Å². The first-order valence-corrected chi connectivity index (χ1v) is 8.59. The van der Waals surface area contributed by atoms with Crippen LogP contribution in [-0.2, 0) is 5.72 Å². The van der Waals surface area contributed by atoms with Crippen molar-refractivity contribution in [2.75, 3.05) is 0 Å². The summed E-state index contributed by atoms with van der Waals surface area (Å²) in [6, 6.07) is 20.5. The highest BCUT2D eigenvalue weighted by Gasteiger charge is 2.49. The predicted molar refractivity (Wildman–Crippen MR) is 94.0 cm³/mol. The van der Waals surface area contributed by atoms with Gasteiger partial charge < -0.3 is 5.11 Å². The van der Waals surface area contributed by atoms with Crippen molar-refractivity contribution in [3.63, 3.8) is 0 Å². The summed E-state index contributed by atoms with van der Waals surface area (Å²) < 4.78 is 1.41. The second-order valence-electron chi connectivity index (χ2n) is 5.85. The lowest BCUT2D eigenvalue weighted by Gasteiger charge is -2.31. The summed E-state index contributed by atoms with van der Waals surface area (Å²) in [5, 5.41) is 11.9. The lowest BCUT2D eigenvalue weighted by atomic mass is 9.94. The van der Waals surface area contributed by atoms with Gasteiger partial charge in [0, 0.05) is 17.3 Å². The molecule has 24 heavy (non-hydrogen) atoms. The number of aliphatic hydroxyl groups is 1. The Kier molecular flexibility index (Phi) is 3.55. The first-order valence-electron chi connectivity index (χ1n) is 7.71. The molecule has 5 heteroatoms. The molecule has 0 bridgehead atoms. The summed E-state index contributed by atoms with van der Waals surface area (Å²) in [7, 11) is 0. The van der Waals surface area contributed by atoms with Crippen molar-refractivity contribution in [1.29, 1.82) is 0 Å². The number of benzene rings is 2. The molecule has 0 unspecified atom stereocenters. The van der Waals surface area contributed by atoms with Gasteiger partial charge in [0.25, 0.3) is 5.56 Å². The lowest BCUT2D eigenvalue weighted by Crippen LogP contribution is -2.42. The zero-order valence-corrected chi connectivity index (χ0v) is 13.9. The van der Waals surface area contributed by atoms with Crippen LogP contribution in [0.1, 0.15) is 22.1 Å². The van der Waals surface area contributed by atoms with Crippen molar-refractivity contribution in [2.45, 2.75) is 23.1 Å². The second kappa shape index (κ2) is 5.61. The normalized spacial score (nSPS) is 22.3. The Morgan fingerprint density at radius 2 is 1.71 bits per heavy atom. The zero-order valence-electron chi connectivity index (χ0n) is 13.1. The number of fused-ring (bicyclic) bond motifs is 1. The number of aryl methyl sites for hydroxylation is 1. The van der Waals surface area contributed by atoms with Gasteiger partial charge in [0.2, 0.25) is 0 Å². The van der Waals surface area contributed by atoms with Crippen LogP contribution in [0.5, 0.6) is 0 Å². The summed E-state index contributed by atoms with van der Waals surface area (Å²) >= 11 is 1.42. The predicted octanol–water partition coefficient (Wildman–Crippen LogP) is 3.09. The second-order valence-corrected chi connectivity index (χ2v) is 6.93. The smallest absolute Gasteiger partial charge is 0.257 e. The van der Waals surface area contributed by atoms with Gasteiger partial charge in [-0.25, -0.2) is 4.98 Å². The SMILES string of the molecule is Cc1cc(=O)n2c(n1)S[C@H](c1ccccc1)[C@@]2(O)c1ccccc1. The fourth-order valence-corrected chi connectivity index (χ4v) is 4.60. The molecule has 0 radical (unpaired) electrons. The Balaban J connectivity index is 2.00.